The average Bonchev–Trinajstić information content (AvgIpc) is 1.82. The fourth-order valence-electron chi connectivity index (χ4n) is 0.530. The van der Waals surface area contributed by atoms with Gasteiger partial charge in [0, 0.05) is 18.6 Å². The lowest BCUT2D eigenvalue weighted by molar-refractivity contribution is -0.114. The van der Waals surface area contributed by atoms with Crippen LogP contribution in [0.15, 0.2) is 11.6 Å². The summed E-state index contributed by atoms with van der Waals surface area (Å²) in [6.07, 6.45) is 1.96. The van der Waals surface area contributed by atoms with E-state index < -0.39 is 5.91 Å². The highest BCUT2D eigenvalue weighted by Crippen LogP contribution is 1.97. The number of rotatable bonds is 3. The molecule has 0 aromatic rings. The molecule has 0 saturated heterocycles. The zero-order chi connectivity index (χ0) is 7.28. The van der Waals surface area contributed by atoms with Crippen LogP contribution in [0.25, 0.3) is 0 Å². The van der Waals surface area contributed by atoms with Gasteiger partial charge in [0.15, 0.2) is 0 Å². The maximum Gasteiger partial charge on any atom is 0.244 e. The number of carbonyl (C=O) groups excluding carboxylic acids is 1. The van der Waals surface area contributed by atoms with Crippen LogP contribution in [0.3, 0.4) is 0 Å². The van der Waals surface area contributed by atoms with Crippen LogP contribution < -0.4 is 5.73 Å². The summed E-state index contributed by atoms with van der Waals surface area (Å²) in [7, 11) is 0. The first-order valence-corrected chi connectivity index (χ1v) is 2.78. The van der Waals surface area contributed by atoms with Crippen molar-refractivity contribution in [1.29, 1.82) is 0 Å². The highest BCUT2D eigenvalue weighted by atomic mass is 16.3. The average molecular weight is 129 g/mol. The van der Waals surface area contributed by atoms with Crippen LogP contribution in [0.4, 0.5) is 0 Å². The number of hydrogen-bond donors (Lipinski definition) is 2. The number of aliphatic hydroxyl groups excluding tert-OH is 1. The van der Waals surface area contributed by atoms with E-state index in [0.29, 0.717) is 12.0 Å². The summed E-state index contributed by atoms with van der Waals surface area (Å²) >= 11 is 0. The van der Waals surface area contributed by atoms with Crippen LogP contribution >= 0.6 is 0 Å². The number of carbonyl (C=O) groups is 1. The van der Waals surface area contributed by atoms with Gasteiger partial charge in [-0.1, -0.05) is 6.08 Å². The van der Waals surface area contributed by atoms with E-state index in [1.807, 2.05) is 0 Å². The smallest absolute Gasteiger partial charge is 0.244 e. The van der Waals surface area contributed by atoms with E-state index >= 15 is 0 Å². The monoisotopic (exact) mass is 129 g/mol. The second-order valence-corrected chi connectivity index (χ2v) is 1.65. The van der Waals surface area contributed by atoms with Crippen LogP contribution in [0.2, 0.25) is 0 Å². The second kappa shape index (κ2) is 4.09. The Labute approximate surface area is 54.2 Å². The first kappa shape index (κ1) is 8.17. The molecule has 1 amide bonds. The number of amides is 1. The molecule has 52 valence electrons. The van der Waals surface area contributed by atoms with Gasteiger partial charge in [0.1, 0.15) is 0 Å². The number of primary amides is 1. The molecule has 0 spiro atoms. The molecule has 3 nitrogen and oxygen atoms in total. The molecule has 0 aliphatic carbocycles. The van der Waals surface area contributed by atoms with Crippen molar-refractivity contribution in [2.45, 2.75) is 13.3 Å². The summed E-state index contributed by atoms with van der Waals surface area (Å²) in [5, 5.41) is 8.37. The molecule has 0 aromatic heterocycles. The standard InChI is InChI=1S/C6H11NO2/c1-2-5(3-4-8)6(7)9/h2,8H,3-4H2,1H3,(H2,7,9)/b5-2+. The van der Waals surface area contributed by atoms with E-state index in [-0.39, 0.29) is 6.61 Å². The zero-order valence-corrected chi connectivity index (χ0v) is 5.42. The van der Waals surface area contributed by atoms with Gasteiger partial charge in [-0.15, -0.1) is 0 Å². The van der Waals surface area contributed by atoms with E-state index in [1.54, 1.807) is 13.0 Å². The normalized spacial score (nSPS) is 11.6. The predicted molar refractivity (Wildman–Crippen MR) is 34.7 cm³/mol. The SMILES string of the molecule is C/C=C(\CCO)C(N)=O. The van der Waals surface area contributed by atoms with Crippen molar-refractivity contribution in [2.24, 2.45) is 5.73 Å². The van der Waals surface area contributed by atoms with Gasteiger partial charge in [0.05, 0.1) is 0 Å². The molecule has 0 fully saturated rings. The van der Waals surface area contributed by atoms with Crippen LogP contribution in [0.1, 0.15) is 13.3 Å². The van der Waals surface area contributed by atoms with Crippen molar-refractivity contribution < 1.29 is 9.90 Å². The van der Waals surface area contributed by atoms with Gasteiger partial charge in [0.25, 0.3) is 0 Å². The van der Waals surface area contributed by atoms with Gasteiger partial charge in [-0.2, -0.15) is 0 Å². The third kappa shape index (κ3) is 2.87. The molecule has 0 rings (SSSR count). The van der Waals surface area contributed by atoms with Gasteiger partial charge in [-0.25, -0.2) is 0 Å². The van der Waals surface area contributed by atoms with Crippen molar-refractivity contribution in [1.82, 2.24) is 0 Å². The molecular formula is C6H11NO2. The fraction of sp³-hybridized carbons (Fsp3) is 0.500. The Balaban J connectivity index is 3.85. The molecule has 0 unspecified atom stereocenters. The minimum absolute atomic E-state index is 0.0252. The van der Waals surface area contributed by atoms with Gasteiger partial charge in [-0.3, -0.25) is 4.79 Å². The van der Waals surface area contributed by atoms with Crippen molar-refractivity contribution in [3.8, 4) is 0 Å². The largest absolute Gasteiger partial charge is 0.396 e. The summed E-state index contributed by atoms with van der Waals surface area (Å²) in [6.45, 7) is 1.69. The molecule has 0 aromatic carbocycles. The number of allylic oxidation sites excluding steroid dienone is 1. The maximum atomic E-state index is 10.4. The summed E-state index contributed by atoms with van der Waals surface area (Å²) < 4.78 is 0. The summed E-state index contributed by atoms with van der Waals surface area (Å²) in [5.74, 6) is -0.452. The van der Waals surface area contributed by atoms with Gasteiger partial charge in [-0.05, 0) is 6.92 Å². The highest BCUT2D eigenvalue weighted by Gasteiger charge is 1.99. The Kier molecular flexibility index (Phi) is 3.71. The molecule has 0 atom stereocenters. The third-order valence-corrected chi connectivity index (χ3v) is 1.05. The van der Waals surface area contributed by atoms with Gasteiger partial charge in [0.2, 0.25) is 5.91 Å². The van der Waals surface area contributed by atoms with Gasteiger partial charge < -0.3 is 10.8 Å². The van der Waals surface area contributed by atoms with Crippen molar-refractivity contribution in [2.75, 3.05) is 6.61 Å². The maximum absolute atomic E-state index is 10.4. The van der Waals surface area contributed by atoms with E-state index in [1.165, 1.54) is 0 Å². The second-order valence-electron chi connectivity index (χ2n) is 1.65. The minimum atomic E-state index is -0.452. The third-order valence-electron chi connectivity index (χ3n) is 1.05. The van der Waals surface area contributed by atoms with E-state index in [4.69, 9.17) is 10.8 Å². The van der Waals surface area contributed by atoms with E-state index in [2.05, 4.69) is 0 Å². The molecule has 0 aliphatic rings. The summed E-state index contributed by atoms with van der Waals surface area (Å²) in [4.78, 5) is 10.4. The molecule has 0 saturated carbocycles. The summed E-state index contributed by atoms with van der Waals surface area (Å²) in [6, 6.07) is 0. The fourth-order valence-corrected chi connectivity index (χ4v) is 0.530. The highest BCUT2D eigenvalue weighted by molar-refractivity contribution is 5.91. The van der Waals surface area contributed by atoms with Crippen molar-refractivity contribution in [3.63, 3.8) is 0 Å². The molecule has 0 aliphatic heterocycles. The molecule has 3 N–H and O–H groups in total. The van der Waals surface area contributed by atoms with Crippen molar-refractivity contribution >= 4 is 5.91 Å². The molecule has 3 heteroatoms. The van der Waals surface area contributed by atoms with Crippen LogP contribution in [0, 0.1) is 0 Å². The molecule has 0 bridgehead atoms. The Morgan fingerprint density at radius 3 is 2.44 bits per heavy atom. The Morgan fingerprint density at radius 1 is 1.78 bits per heavy atom. The topological polar surface area (TPSA) is 63.3 Å². The van der Waals surface area contributed by atoms with Crippen LogP contribution in [-0.4, -0.2) is 17.6 Å². The van der Waals surface area contributed by atoms with Gasteiger partial charge >= 0.3 is 0 Å². The Hall–Kier alpha value is -0.830. The number of aliphatic hydroxyl groups is 1. The van der Waals surface area contributed by atoms with E-state index in [0.717, 1.165) is 0 Å². The Morgan fingerprint density at radius 2 is 2.33 bits per heavy atom. The van der Waals surface area contributed by atoms with Crippen LogP contribution in [0.5, 0.6) is 0 Å². The van der Waals surface area contributed by atoms with Crippen LogP contribution in [-0.2, 0) is 4.79 Å². The predicted octanol–water partition coefficient (Wildman–Crippen LogP) is -0.200. The minimum Gasteiger partial charge on any atom is -0.396 e. The molecule has 0 heterocycles. The van der Waals surface area contributed by atoms with Crippen molar-refractivity contribution in [3.05, 3.63) is 11.6 Å². The first-order chi connectivity index (χ1) is 4.22. The first-order valence-electron chi connectivity index (χ1n) is 2.78. The molecule has 9 heavy (non-hydrogen) atoms. The summed E-state index contributed by atoms with van der Waals surface area (Å²) in [5.41, 5.74) is 5.40. The van der Waals surface area contributed by atoms with E-state index in [9.17, 15) is 4.79 Å². The number of nitrogens with two attached hydrogens (primary N) is 1. The lowest BCUT2D eigenvalue weighted by Crippen LogP contribution is -2.14. The molecular weight excluding hydrogens is 118 g/mol. The zero-order valence-electron chi connectivity index (χ0n) is 5.42. The number of hydrogen-bond acceptors (Lipinski definition) is 2. The lowest BCUT2D eigenvalue weighted by atomic mass is 10.2. The molecule has 0 radical (unpaired) electrons. The quantitative estimate of drug-likeness (QED) is 0.518. The Bertz CT molecular complexity index is 129. The lowest BCUT2D eigenvalue weighted by Gasteiger charge is -1.96.